The Bertz CT molecular complexity index is 901. The predicted molar refractivity (Wildman–Crippen MR) is 112 cm³/mol. The Labute approximate surface area is 170 Å². The van der Waals surface area contributed by atoms with Gasteiger partial charge in [0, 0.05) is 20.5 Å². The average molecular weight is 392 g/mol. The highest BCUT2D eigenvalue weighted by Crippen LogP contribution is 2.67. The molecule has 5 heteroatoms. The van der Waals surface area contributed by atoms with Crippen LogP contribution in [0, 0.1) is 17.8 Å². The molecule has 0 aliphatic heterocycles. The van der Waals surface area contributed by atoms with Crippen LogP contribution < -0.4 is 0 Å². The summed E-state index contributed by atoms with van der Waals surface area (Å²) in [6.07, 6.45) is 5.07. The number of aliphatic hydroxyl groups is 1. The standard InChI is InChI=1S/C23H25N3OS/c24-26-25-21(17-7-3-1-4-8-17)20-18-11-16-12-22(14-18,15-23(20,27)13-16)28-19-9-5-2-6-10-19/h1-10,16,18,20-21,27H,11-15H2/t16?,18?,20?,21?,22?,23-/m0/s1. The van der Waals surface area contributed by atoms with Gasteiger partial charge in [-0.25, -0.2) is 0 Å². The van der Waals surface area contributed by atoms with Crippen molar-refractivity contribution >= 4 is 11.8 Å². The molecule has 6 atom stereocenters. The van der Waals surface area contributed by atoms with Crippen LogP contribution in [0.5, 0.6) is 0 Å². The van der Waals surface area contributed by atoms with Crippen LogP contribution in [-0.4, -0.2) is 15.5 Å². The van der Waals surface area contributed by atoms with Crippen LogP contribution in [0.3, 0.4) is 0 Å². The molecule has 4 aliphatic carbocycles. The van der Waals surface area contributed by atoms with E-state index in [4.69, 9.17) is 0 Å². The topological polar surface area (TPSA) is 69.0 Å². The summed E-state index contributed by atoms with van der Waals surface area (Å²) in [5.74, 6) is 0.984. The fourth-order valence-electron chi connectivity index (χ4n) is 6.54. The van der Waals surface area contributed by atoms with Crippen LogP contribution in [0.25, 0.3) is 10.4 Å². The lowest BCUT2D eigenvalue weighted by atomic mass is 9.47. The van der Waals surface area contributed by atoms with E-state index in [1.165, 1.54) is 11.3 Å². The Morgan fingerprint density at radius 1 is 1.04 bits per heavy atom. The summed E-state index contributed by atoms with van der Waals surface area (Å²) in [6, 6.07) is 20.3. The largest absolute Gasteiger partial charge is 0.390 e. The summed E-state index contributed by atoms with van der Waals surface area (Å²) in [4.78, 5) is 4.46. The van der Waals surface area contributed by atoms with E-state index in [1.54, 1.807) is 0 Å². The third-order valence-corrected chi connectivity index (χ3v) is 8.48. The average Bonchev–Trinajstić information content (AvgIpc) is 2.67. The number of hydrogen-bond acceptors (Lipinski definition) is 3. The SMILES string of the molecule is [N-]=[N+]=NC(c1ccccc1)C1C2CC3CC(Sc4ccccc4)(C2)C[C@@]1(O)C3. The second-order valence-electron chi connectivity index (χ2n) is 8.94. The van der Waals surface area contributed by atoms with Crippen LogP contribution in [0.4, 0.5) is 0 Å². The van der Waals surface area contributed by atoms with Gasteiger partial charge in [0.15, 0.2) is 0 Å². The van der Waals surface area contributed by atoms with Gasteiger partial charge in [-0.2, -0.15) is 0 Å². The smallest absolute Gasteiger partial charge is 0.0701 e. The van der Waals surface area contributed by atoms with E-state index in [-0.39, 0.29) is 16.7 Å². The second kappa shape index (κ2) is 6.84. The maximum absolute atomic E-state index is 11.9. The summed E-state index contributed by atoms with van der Waals surface area (Å²) in [5, 5.41) is 16.1. The van der Waals surface area contributed by atoms with Gasteiger partial charge in [-0.1, -0.05) is 53.6 Å². The number of rotatable bonds is 5. The van der Waals surface area contributed by atoms with Gasteiger partial charge < -0.3 is 5.11 Å². The van der Waals surface area contributed by atoms with Crippen molar-refractivity contribution in [2.45, 2.75) is 53.4 Å². The van der Waals surface area contributed by atoms with Crippen molar-refractivity contribution in [3.63, 3.8) is 0 Å². The molecule has 6 rings (SSSR count). The molecule has 4 fully saturated rings. The lowest BCUT2D eigenvalue weighted by Gasteiger charge is -2.64. The third-order valence-electron chi connectivity index (χ3n) is 7.06. The van der Waals surface area contributed by atoms with Gasteiger partial charge >= 0.3 is 0 Å². The van der Waals surface area contributed by atoms with Crippen molar-refractivity contribution in [1.82, 2.24) is 0 Å². The first-order valence-corrected chi connectivity index (χ1v) is 11.0. The summed E-state index contributed by atoms with van der Waals surface area (Å²) < 4.78 is 0.107. The van der Waals surface area contributed by atoms with E-state index in [2.05, 4.69) is 40.4 Å². The Morgan fingerprint density at radius 3 is 2.43 bits per heavy atom. The zero-order valence-corrected chi connectivity index (χ0v) is 16.6. The summed E-state index contributed by atoms with van der Waals surface area (Å²) in [7, 11) is 0. The van der Waals surface area contributed by atoms with E-state index >= 15 is 0 Å². The molecule has 0 heterocycles. The molecule has 2 aromatic carbocycles. The molecule has 0 radical (unpaired) electrons. The van der Waals surface area contributed by atoms with Gasteiger partial charge in [0.2, 0.25) is 0 Å². The number of nitrogens with zero attached hydrogens (tertiary/aromatic N) is 3. The highest BCUT2D eigenvalue weighted by atomic mass is 32.2. The molecule has 1 N–H and O–H groups in total. The van der Waals surface area contributed by atoms with Crippen LogP contribution in [0.15, 0.2) is 70.7 Å². The zero-order chi connectivity index (χ0) is 19.2. The molecule has 28 heavy (non-hydrogen) atoms. The molecule has 0 amide bonds. The minimum absolute atomic E-state index is 0.00634. The van der Waals surface area contributed by atoms with Crippen molar-refractivity contribution in [3.8, 4) is 0 Å². The zero-order valence-electron chi connectivity index (χ0n) is 15.8. The first-order valence-electron chi connectivity index (χ1n) is 10.2. The highest BCUT2D eigenvalue weighted by molar-refractivity contribution is 8.00. The Balaban J connectivity index is 1.50. The minimum Gasteiger partial charge on any atom is -0.390 e. The molecule has 0 saturated heterocycles. The Morgan fingerprint density at radius 2 is 1.75 bits per heavy atom. The molecule has 0 aromatic heterocycles. The first-order chi connectivity index (χ1) is 13.6. The summed E-state index contributed by atoms with van der Waals surface area (Å²) >= 11 is 1.96. The van der Waals surface area contributed by atoms with Crippen molar-refractivity contribution in [3.05, 3.63) is 76.7 Å². The molecule has 0 spiro atoms. The van der Waals surface area contributed by atoms with Gasteiger partial charge in [0.05, 0.1) is 11.6 Å². The molecular weight excluding hydrogens is 366 g/mol. The fourth-order valence-corrected chi connectivity index (χ4v) is 8.27. The molecule has 144 valence electrons. The predicted octanol–water partition coefficient (Wildman–Crippen LogP) is 6.14. The molecule has 4 aliphatic rings. The third kappa shape index (κ3) is 3.02. The van der Waals surface area contributed by atoms with E-state index < -0.39 is 5.60 Å². The molecule has 5 unspecified atom stereocenters. The maximum atomic E-state index is 11.9. The lowest BCUT2D eigenvalue weighted by molar-refractivity contribution is -0.169. The first kappa shape index (κ1) is 18.1. The molecule has 2 aromatic rings. The number of thioether (sulfide) groups is 1. The van der Waals surface area contributed by atoms with Gasteiger partial charge in [-0.05, 0) is 67.2 Å². The van der Waals surface area contributed by atoms with Gasteiger partial charge in [-0.3, -0.25) is 0 Å². The highest BCUT2D eigenvalue weighted by Gasteiger charge is 2.63. The quantitative estimate of drug-likeness (QED) is 0.378. The van der Waals surface area contributed by atoms with Crippen molar-refractivity contribution in [1.29, 1.82) is 0 Å². The number of azide groups is 1. The van der Waals surface area contributed by atoms with Crippen LogP contribution in [-0.2, 0) is 0 Å². The molecule has 4 saturated carbocycles. The van der Waals surface area contributed by atoms with E-state index in [0.29, 0.717) is 11.8 Å². The molecular formula is C23H25N3OS. The summed E-state index contributed by atoms with van der Waals surface area (Å²) in [5.41, 5.74) is 9.53. The molecule has 4 bridgehead atoms. The number of benzene rings is 2. The fraction of sp³-hybridized carbons (Fsp3) is 0.478. The van der Waals surface area contributed by atoms with Gasteiger partial charge in [0.1, 0.15) is 0 Å². The van der Waals surface area contributed by atoms with Crippen molar-refractivity contribution in [2.24, 2.45) is 22.9 Å². The van der Waals surface area contributed by atoms with Gasteiger partial charge in [0.25, 0.3) is 0 Å². The molecule has 4 nitrogen and oxygen atoms in total. The lowest BCUT2D eigenvalue weighted by Crippen LogP contribution is -2.63. The Hall–Kier alpha value is -1.94. The van der Waals surface area contributed by atoms with Crippen LogP contribution >= 0.6 is 11.8 Å². The van der Waals surface area contributed by atoms with Crippen molar-refractivity contribution in [2.75, 3.05) is 0 Å². The maximum Gasteiger partial charge on any atom is 0.0701 e. The van der Waals surface area contributed by atoms with E-state index in [1.807, 2.05) is 42.1 Å². The minimum atomic E-state index is -0.749. The monoisotopic (exact) mass is 391 g/mol. The normalized spacial score (nSPS) is 36.7. The van der Waals surface area contributed by atoms with Gasteiger partial charge in [-0.15, -0.1) is 11.8 Å². The van der Waals surface area contributed by atoms with E-state index in [0.717, 1.165) is 31.2 Å². The van der Waals surface area contributed by atoms with Crippen molar-refractivity contribution < 1.29 is 5.11 Å². The Kier molecular flexibility index (Phi) is 4.42. The van der Waals surface area contributed by atoms with Crippen LogP contribution in [0.2, 0.25) is 0 Å². The second-order valence-corrected chi connectivity index (χ2v) is 10.5. The number of hydrogen-bond donors (Lipinski definition) is 1. The van der Waals surface area contributed by atoms with E-state index in [9.17, 15) is 10.6 Å². The van der Waals surface area contributed by atoms with Crippen LogP contribution in [0.1, 0.15) is 43.7 Å². The summed E-state index contributed by atoms with van der Waals surface area (Å²) in [6.45, 7) is 0.